The maximum absolute atomic E-state index is 6.22. The van der Waals surface area contributed by atoms with Crippen LogP contribution < -0.4 is 0 Å². The zero-order valence-electron chi connectivity index (χ0n) is 10.6. The largest absolute Gasteiger partial charge is 0.360 e. The van der Waals surface area contributed by atoms with Crippen LogP contribution in [0.4, 0.5) is 0 Å². The number of nitrogens with zero attached hydrogens (tertiary/aromatic N) is 1. The van der Waals surface area contributed by atoms with E-state index in [-0.39, 0.29) is 0 Å². The van der Waals surface area contributed by atoms with Gasteiger partial charge >= 0.3 is 0 Å². The third-order valence-electron chi connectivity index (χ3n) is 2.90. The summed E-state index contributed by atoms with van der Waals surface area (Å²) in [5.41, 5.74) is 2.60. The molecule has 0 saturated heterocycles. The van der Waals surface area contributed by atoms with E-state index in [2.05, 4.69) is 25.9 Å². The molecule has 1 aromatic carbocycles. The third kappa shape index (κ3) is 2.27. The number of hydrogen-bond acceptors (Lipinski definition) is 2. The van der Waals surface area contributed by atoms with E-state index in [1.54, 1.807) is 0 Å². The summed E-state index contributed by atoms with van der Waals surface area (Å²) in [5.74, 6) is 1.20. The van der Waals surface area contributed by atoms with E-state index < -0.39 is 0 Å². The first-order valence-electron chi connectivity index (χ1n) is 5.99. The van der Waals surface area contributed by atoms with Crippen LogP contribution in [0.25, 0.3) is 11.3 Å². The van der Waals surface area contributed by atoms with Gasteiger partial charge in [0.1, 0.15) is 11.5 Å². The highest BCUT2D eigenvalue weighted by Crippen LogP contribution is 2.38. The molecule has 0 spiro atoms. The average Bonchev–Trinajstić information content (AvgIpc) is 2.72. The Morgan fingerprint density at radius 3 is 2.33 bits per heavy atom. The van der Waals surface area contributed by atoms with E-state index in [1.807, 2.05) is 18.2 Å². The normalized spacial score (nSPS) is 11.2. The van der Waals surface area contributed by atoms with Crippen molar-refractivity contribution in [3.63, 3.8) is 0 Å². The Kier molecular flexibility index (Phi) is 3.98. The van der Waals surface area contributed by atoms with Crippen molar-refractivity contribution >= 4 is 23.2 Å². The second kappa shape index (κ2) is 5.33. The summed E-state index contributed by atoms with van der Waals surface area (Å²) in [6.07, 6.45) is 0.841. The Morgan fingerprint density at radius 1 is 1.22 bits per heavy atom. The van der Waals surface area contributed by atoms with Gasteiger partial charge < -0.3 is 4.52 Å². The van der Waals surface area contributed by atoms with Crippen molar-refractivity contribution in [3.8, 4) is 11.3 Å². The topological polar surface area (TPSA) is 26.0 Å². The fraction of sp³-hybridized carbons (Fsp3) is 0.357. The predicted octanol–water partition coefficient (Wildman–Crippen LogP) is 5.33. The molecule has 96 valence electrons. The van der Waals surface area contributed by atoms with E-state index in [1.165, 1.54) is 0 Å². The zero-order chi connectivity index (χ0) is 13.3. The average molecular weight is 284 g/mol. The first kappa shape index (κ1) is 13.4. The highest BCUT2D eigenvalue weighted by atomic mass is 35.5. The molecule has 4 heteroatoms. The first-order chi connectivity index (χ1) is 8.56. The number of aromatic nitrogens is 1. The Labute approximate surface area is 117 Å². The smallest absolute Gasteiger partial charge is 0.143 e. The molecule has 0 aliphatic heterocycles. The first-order valence-corrected chi connectivity index (χ1v) is 6.74. The van der Waals surface area contributed by atoms with Crippen LogP contribution in [0.2, 0.25) is 10.0 Å². The minimum absolute atomic E-state index is 0.294. The molecule has 0 amide bonds. The highest BCUT2D eigenvalue weighted by Gasteiger charge is 2.21. The lowest BCUT2D eigenvalue weighted by atomic mass is 9.99. The van der Waals surface area contributed by atoms with E-state index in [4.69, 9.17) is 27.7 Å². The molecule has 0 fully saturated rings. The van der Waals surface area contributed by atoms with Gasteiger partial charge in [-0.25, -0.2) is 0 Å². The summed E-state index contributed by atoms with van der Waals surface area (Å²) < 4.78 is 5.45. The molecule has 0 unspecified atom stereocenters. The molecule has 0 atom stereocenters. The Morgan fingerprint density at radius 2 is 1.83 bits per heavy atom. The van der Waals surface area contributed by atoms with Crippen LogP contribution in [0.5, 0.6) is 0 Å². The summed E-state index contributed by atoms with van der Waals surface area (Å²) in [6.45, 7) is 6.24. The molecule has 0 N–H and O–H groups in total. The SMILES string of the molecule is CCc1c(-c2c(Cl)cccc2Cl)noc1C(C)C. The van der Waals surface area contributed by atoms with Crippen LogP contribution in [0.1, 0.15) is 38.0 Å². The second-order valence-electron chi connectivity index (χ2n) is 4.48. The molecule has 1 aromatic heterocycles. The van der Waals surface area contributed by atoms with Crippen molar-refractivity contribution in [2.45, 2.75) is 33.1 Å². The molecule has 2 aromatic rings. The van der Waals surface area contributed by atoms with Gasteiger partial charge in [-0.3, -0.25) is 0 Å². The molecule has 18 heavy (non-hydrogen) atoms. The summed E-state index contributed by atoms with van der Waals surface area (Å²) in [4.78, 5) is 0. The van der Waals surface area contributed by atoms with E-state index in [9.17, 15) is 0 Å². The molecule has 0 aliphatic rings. The molecule has 0 bridgehead atoms. The summed E-state index contributed by atoms with van der Waals surface area (Å²) in [7, 11) is 0. The summed E-state index contributed by atoms with van der Waals surface area (Å²) in [5, 5.41) is 5.35. The summed E-state index contributed by atoms with van der Waals surface area (Å²) in [6, 6.07) is 5.45. The molecular formula is C14H15Cl2NO. The number of benzene rings is 1. The third-order valence-corrected chi connectivity index (χ3v) is 3.53. The van der Waals surface area contributed by atoms with Gasteiger partial charge in [-0.05, 0) is 18.6 Å². The lowest BCUT2D eigenvalue weighted by Gasteiger charge is -2.06. The van der Waals surface area contributed by atoms with Gasteiger partial charge in [-0.15, -0.1) is 0 Å². The van der Waals surface area contributed by atoms with E-state index in [0.29, 0.717) is 16.0 Å². The Balaban J connectivity index is 2.65. The van der Waals surface area contributed by atoms with Gasteiger partial charge in [0.15, 0.2) is 0 Å². The Hall–Kier alpha value is -0.990. The van der Waals surface area contributed by atoms with Crippen LogP contribution in [-0.2, 0) is 6.42 Å². The van der Waals surface area contributed by atoms with Gasteiger partial charge in [0.25, 0.3) is 0 Å². The van der Waals surface area contributed by atoms with Crippen molar-refractivity contribution in [2.24, 2.45) is 0 Å². The van der Waals surface area contributed by atoms with Crippen LogP contribution in [0.3, 0.4) is 0 Å². The molecule has 2 nitrogen and oxygen atoms in total. The zero-order valence-corrected chi connectivity index (χ0v) is 12.1. The lowest BCUT2D eigenvalue weighted by molar-refractivity contribution is 0.371. The van der Waals surface area contributed by atoms with E-state index >= 15 is 0 Å². The fourth-order valence-electron chi connectivity index (χ4n) is 2.04. The standard InChI is InChI=1S/C14H15Cl2NO/c1-4-9-13(17-18-14(9)8(2)3)12-10(15)6-5-7-11(12)16/h5-8H,4H2,1-3H3. The number of rotatable bonds is 3. The van der Waals surface area contributed by atoms with Gasteiger partial charge in [0.05, 0.1) is 10.0 Å². The lowest BCUT2D eigenvalue weighted by Crippen LogP contribution is -1.93. The van der Waals surface area contributed by atoms with Crippen LogP contribution in [-0.4, -0.2) is 5.16 Å². The van der Waals surface area contributed by atoms with Gasteiger partial charge in [-0.2, -0.15) is 0 Å². The highest BCUT2D eigenvalue weighted by molar-refractivity contribution is 6.39. The molecule has 2 rings (SSSR count). The monoisotopic (exact) mass is 283 g/mol. The van der Waals surface area contributed by atoms with Crippen LogP contribution in [0, 0.1) is 0 Å². The maximum atomic E-state index is 6.22. The van der Waals surface area contributed by atoms with Crippen LogP contribution in [0.15, 0.2) is 22.7 Å². The number of hydrogen-bond donors (Lipinski definition) is 0. The van der Waals surface area contributed by atoms with Crippen molar-refractivity contribution in [2.75, 3.05) is 0 Å². The maximum Gasteiger partial charge on any atom is 0.143 e. The van der Waals surface area contributed by atoms with Crippen molar-refractivity contribution in [3.05, 3.63) is 39.6 Å². The molecule has 0 aliphatic carbocycles. The molecular weight excluding hydrogens is 269 g/mol. The molecule has 0 radical (unpaired) electrons. The minimum atomic E-state index is 0.294. The van der Waals surface area contributed by atoms with Gasteiger partial charge in [-0.1, -0.05) is 55.2 Å². The quantitative estimate of drug-likeness (QED) is 0.760. The predicted molar refractivity (Wildman–Crippen MR) is 75.4 cm³/mol. The second-order valence-corrected chi connectivity index (χ2v) is 5.29. The van der Waals surface area contributed by atoms with Crippen molar-refractivity contribution in [1.29, 1.82) is 0 Å². The van der Waals surface area contributed by atoms with Gasteiger partial charge in [0, 0.05) is 17.0 Å². The molecule has 1 heterocycles. The Bertz CT molecular complexity index is 541. The number of halogens is 2. The van der Waals surface area contributed by atoms with E-state index in [0.717, 1.165) is 29.0 Å². The molecule has 0 saturated carbocycles. The van der Waals surface area contributed by atoms with Gasteiger partial charge in [0.2, 0.25) is 0 Å². The van der Waals surface area contributed by atoms with Crippen LogP contribution >= 0.6 is 23.2 Å². The van der Waals surface area contributed by atoms with Crippen molar-refractivity contribution in [1.82, 2.24) is 5.16 Å². The fourth-order valence-corrected chi connectivity index (χ4v) is 2.61. The summed E-state index contributed by atoms with van der Waals surface area (Å²) >= 11 is 12.4. The minimum Gasteiger partial charge on any atom is -0.360 e. The van der Waals surface area contributed by atoms with Crippen molar-refractivity contribution < 1.29 is 4.52 Å².